The van der Waals surface area contributed by atoms with Crippen LogP contribution in [0.1, 0.15) is 44.4 Å². The van der Waals surface area contributed by atoms with Crippen LogP contribution in [0.2, 0.25) is 5.02 Å². The van der Waals surface area contributed by atoms with E-state index in [2.05, 4.69) is 33.0 Å². The van der Waals surface area contributed by atoms with Gasteiger partial charge in [0.2, 0.25) is 0 Å². The maximum atomic E-state index is 6.32. The number of aryl methyl sites for hydroxylation is 1. The van der Waals surface area contributed by atoms with E-state index in [9.17, 15) is 0 Å². The highest BCUT2D eigenvalue weighted by Gasteiger charge is 2.35. The van der Waals surface area contributed by atoms with Crippen molar-refractivity contribution in [2.45, 2.75) is 45.8 Å². The number of ether oxygens (including phenoxy) is 1. The Morgan fingerprint density at radius 1 is 1.47 bits per heavy atom. The number of benzene rings is 1. The minimum atomic E-state index is -0.144. The van der Waals surface area contributed by atoms with Gasteiger partial charge in [0.1, 0.15) is 11.4 Å². The first-order valence-electron chi connectivity index (χ1n) is 6.16. The number of rotatable bonds is 2. The van der Waals surface area contributed by atoms with Crippen LogP contribution in [0.15, 0.2) is 12.1 Å². The Bertz CT molecular complexity index is 428. The fraction of sp³-hybridized carbons (Fsp3) is 0.571. The standard InChI is InChI=1S/C14H20ClNO/c1-5-16-11-8-14(3,4)17-13-9(2)6-7-10(15)12(11)13/h6-7,11,16H,5,8H2,1-4H3. The van der Waals surface area contributed by atoms with Gasteiger partial charge in [-0.1, -0.05) is 24.6 Å². The summed E-state index contributed by atoms with van der Waals surface area (Å²) in [4.78, 5) is 0. The van der Waals surface area contributed by atoms with Crippen molar-refractivity contribution in [2.24, 2.45) is 0 Å². The molecule has 0 aliphatic carbocycles. The molecule has 1 N–H and O–H groups in total. The molecule has 2 rings (SSSR count). The van der Waals surface area contributed by atoms with Gasteiger partial charge in [0, 0.05) is 23.0 Å². The number of halogens is 1. The van der Waals surface area contributed by atoms with Gasteiger partial charge in [-0.3, -0.25) is 0 Å². The molecule has 0 amide bonds. The Hall–Kier alpha value is -0.730. The summed E-state index contributed by atoms with van der Waals surface area (Å²) in [5.41, 5.74) is 2.13. The van der Waals surface area contributed by atoms with Crippen LogP contribution in [0.3, 0.4) is 0 Å². The van der Waals surface area contributed by atoms with E-state index in [1.807, 2.05) is 12.1 Å². The summed E-state index contributed by atoms with van der Waals surface area (Å²) >= 11 is 6.32. The Labute approximate surface area is 108 Å². The normalized spacial score (nSPS) is 21.8. The second kappa shape index (κ2) is 4.51. The highest BCUT2D eigenvalue weighted by atomic mass is 35.5. The largest absolute Gasteiger partial charge is 0.487 e. The molecule has 0 saturated carbocycles. The quantitative estimate of drug-likeness (QED) is 0.864. The molecule has 1 aromatic rings. The van der Waals surface area contributed by atoms with Crippen molar-refractivity contribution in [3.05, 3.63) is 28.3 Å². The molecule has 0 spiro atoms. The van der Waals surface area contributed by atoms with Crippen LogP contribution in [-0.4, -0.2) is 12.1 Å². The SMILES string of the molecule is CCNC1CC(C)(C)Oc2c(C)ccc(Cl)c21. The molecule has 0 saturated heterocycles. The third-order valence-corrected chi connectivity index (χ3v) is 3.54. The summed E-state index contributed by atoms with van der Waals surface area (Å²) in [6.07, 6.45) is 0.941. The fourth-order valence-corrected chi connectivity index (χ4v) is 2.76. The second-order valence-electron chi connectivity index (χ2n) is 5.28. The van der Waals surface area contributed by atoms with E-state index in [-0.39, 0.29) is 11.6 Å². The average molecular weight is 254 g/mol. The third-order valence-electron chi connectivity index (χ3n) is 3.21. The zero-order valence-electron chi connectivity index (χ0n) is 10.9. The zero-order chi connectivity index (χ0) is 12.6. The van der Waals surface area contributed by atoms with Crippen molar-refractivity contribution in [3.63, 3.8) is 0 Å². The highest BCUT2D eigenvalue weighted by Crippen LogP contribution is 2.44. The molecule has 1 heterocycles. The van der Waals surface area contributed by atoms with Gasteiger partial charge in [0.25, 0.3) is 0 Å². The molecule has 94 valence electrons. The number of hydrogen-bond donors (Lipinski definition) is 1. The van der Waals surface area contributed by atoms with Crippen LogP contribution in [0.5, 0.6) is 5.75 Å². The minimum absolute atomic E-state index is 0.144. The summed E-state index contributed by atoms with van der Waals surface area (Å²) in [6.45, 7) is 9.37. The molecule has 3 heteroatoms. The molecule has 1 aliphatic heterocycles. The molecular weight excluding hydrogens is 234 g/mol. The molecule has 1 unspecified atom stereocenters. The molecule has 1 aliphatic rings. The van der Waals surface area contributed by atoms with E-state index < -0.39 is 0 Å². The lowest BCUT2D eigenvalue weighted by atomic mass is 9.88. The van der Waals surface area contributed by atoms with E-state index >= 15 is 0 Å². The zero-order valence-corrected chi connectivity index (χ0v) is 11.7. The van der Waals surface area contributed by atoms with Gasteiger partial charge in [0.15, 0.2) is 0 Å². The molecule has 0 bridgehead atoms. The molecule has 0 fully saturated rings. The van der Waals surface area contributed by atoms with Crippen LogP contribution >= 0.6 is 11.6 Å². The Kier molecular flexibility index (Phi) is 3.37. The second-order valence-corrected chi connectivity index (χ2v) is 5.69. The lowest BCUT2D eigenvalue weighted by molar-refractivity contribution is 0.0656. The van der Waals surface area contributed by atoms with Crippen molar-refractivity contribution in [1.82, 2.24) is 5.32 Å². The molecule has 1 aromatic carbocycles. The van der Waals surface area contributed by atoms with Crippen molar-refractivity contribution in [2.75, 3.05) is 6.54 Å². The van der Waals surface area contributed by atoms with E-state index in [1.165, 1.54) is 0 Å². The summed E-state index contributed by atoms with van der Waals surface area (Å²) < 4.78 is 6.08. The van der Waals surface area contributed by atoms with Crippen molar-refractivity contribution in [3.8, 4) is 5.75 Å². The van der Waals surface area contributed by atoms with Gasteiger partial charge in [0.05, 0.1) is 0 Å². The molecule has 17 heavy (non-hydrogen) atoms. The number of fused-ring (bicyclic) bond motifs is 1. The van der Waals surface area contributed by atoms with Gasteiger partial charge in [-0.05, 0) is 38.9 Å². The molecular formula is C14H20ClNO. The van der Waals surface area contributed by atoms with E-state index in [0.29, 0.717) is 0 Å². The average Bonchev–Trinajstić information content (AvgIpc) is 2.22. The smallest absolute Gasteiger partial charge is 0.129 e. The third kappa shape index (κ3) is 2.43. The highest BCUT2D eigenvalue weighted by molar-refractivity contribution is 6.31. The van der Waals surface area contributed by atoms with Gasteiger partial charge in [-0.15, -0.1) is 0 Å². The van der Waals surface area contributed by atoms with Crippen LogP contribution in [0.4, 0.5) is 0 Å². The number of hydrogen-bond acceptors (Lipinski definition) is 2. The maximum Gasteiger partial charge on any atom is 0.129 e. The van der Waals surface area contributed by atoms with Crippen molar-refractivity contribution < 1.29 is 4.74 Å². The topological polar surface area (TPSA) is 21.3 Å². The number of nitrogens with one attached hydrogen (secondary N) is 1. The van der Waals surface area contributed by atoms with Crippen LogP contribution in [-0.2, 0) is 0 Å². The summed E-state index contributed by atoms with van der Waals surface area (Å²) in [7, 11) is 0. The van der Waals surface area contributed by atoms with Crippen LogP contribution < -0.4 is 10.1 Å². The van der Waals surface area contributed by atoms with Crippen LogP contribution in [0, 0.1) is 6.92 Å². The Balaban J connectivity index is 2.52. The van der Waals surface area contributed by atoms with E-state index in [1.54, 1.807) is 0 Å². The monoisotopic (exact) mass is 253 g/mol. The fourth-order valence-electron chi connectivity index (χ4n) is 2.48. The molecule has 2 nitrogen and oxygen atoms in total. The lowest BCUT2D eigenvalue weighted by Crippen LogP contribution is -2.40. The van der Waals surface area contributed by atoms with Crippen molar-refractivity contribution in [1.29, 1.82) is 0 Å². The molecule has 1 atom stereocenters. The molecule has 0 radical (unpaired) electrons. The van der Waals surface area contributed by atoms with Gasteiger partial charge in [-0.25, -0.2) is 0 Å². The Morgan fingerprint density at radius 2 is 2.18 bits per heavy atom. The van der Waals surface area contributed by atoms with E-state index in [0.717, 1.165) is 34.9 Å². The lowest BCUT2D eigenvalue weighted by Gasteiger charge is -2.39. The van der Waals surface area contributed by atoms with Crippen LogP contribution in [0.25, 0.3) is 0 Å². The minimum Gasteiger partial charge on any atom is -0.487 e. The summed E-state index contributed by atoms with van der Waals surface area (Å²) in [5.74, 6) is 0.958. The van der Waals surface area contributed by atoms with Gasteiger partial charge >= 0.3 is 0 Å². The maximum absolute atomic E-state index is 6.32. The first kappa shape index (κ1) is 12.7. The van der Waals surface area contributed by atoms with E-state index in [4.69, 9.17) is 16.3 Å². The first-order valence-corrected chi connectivity index (χ1v) is 6.54. The van der Waals surface area contributed by atoms with Crippen molar-refractivity contribution >= 4 is 11.6 Å². The predicted molar refractivity (Wildman–Crippen MR) is 71.9 cm³/mol. The summed E-state index contributed by atoms with van der Waals surface area (Å²) in [6, 6.07) is 4.26. The summed E-state index contributed by atoms with van der Waals surface area (Å²) in [5, 5.41) is 4.30. The molecule has 0 aromatic heterocycles. The first-order chi connectivity index (χ1) is 7.94. The van der Waals surface area contributed by atoms with Gasteiger partial charge in [-0.2, -0.15) is 0 Å². The Morgan fingerprint density at radius 3 is 2.82 bits per heavy atom. The van der Waals surface area contributed by atoms with Gasteiger partial charge < -0.3 is 10.1 Å². The predicted octanol–water partition coefficient (Wildman–Crippen LogP) is 3.86.